The van der Waals surface area contributed by atoms with Gasteiger partial charge in [0.25, 0.3) is 5.91 Å². The van der Waals surface area contributed by atoms with Gasteiger partial charge in [-0.25, -0.2) is 4.98 Å². The van der Waals surface area contributed by atoms with Crippen LogP contribution >= 0.6 is 11.3 Å². The highest BCUT2D eigenvalue weighted by molar-refractivity contribution is 7.14. The van der Waals surface area contributed by atoms with Gasteiger partial charge in [0.1, 0.15) is 11.3 Å². The molecule has 4 aromatic rings. The van der Waals surface area contributed by atoms with Crippen LogP contribution in [0.3, 0.4) is 0 Å². The number of nitrogens with zero attached hydrogens (tertiary/aromatic N) is 3. The Morgan fingerprint density at radius 2 is 2.12 bits per heavy atom. The fraction of sp³-hybridized carbons (Fsp3) is 0.118. The predicted molar refractivity (Wildman–Crippen MR) is 93.2 cm³/mol. The lowest BCUT2D eigenvalue weighted by molar-refractivity contribution is 0.102. The molecule has 4 rings (SSSR count). The Hall–Kier alpha value is -2.93. The summed E-state index contributed by atoms with van der Waals surface area (Å²) in [5.41, 5.74) is 2.80. The van der Waals surface area contributed by atoms with Crippen LogP contribution in [0.2, 0.25) is 0 Å². The molecule has 0 aliphatic rings. The summed E-state index contributed by atoms with van der Waals surface area (Å²) < 4.78 is 7.46. The van der Waals surface area contributed by atoms with Crippen molar-refractivity contribution in [1.82, 2.24) is 14.8 Å². The highest BCUT2D eigenvalue weighted by Gasteiger charge is 2.15. The number of furan rings is 1. The number of nitrogens with one attached hydrogen (secondary N) is 1. The van der Waals surface area contributed by atoms with Gasteiger partial charge in [-0.05, 0) is 25.1 Å². The van der Waals surface area contributed by atoms with Crippen LogP contribution in [0.4, 0.5) is 5.13 Å². The Kier molecular flexibility index (Phi) is 3.42. The van der Waals surface area contributed by atoms with Crippen molar-refractivity contribution >= 4 is 33.3 Å². The van der Waals surface area contributed by atoms with Crippen molar-refractivity contribution in [2.75, 3.05) is 5.32 Å². The van der Waals surface area contributed by atoms with Crippen LogP contribution < -0.4 is 5.32 Å². The Morgan fingerprint density at radius 1 is 1.29 bits per heavy atom. The average molecular weight is 338 g/mol. The Bertz CT molecular complexity index is 991. The third-order valence-corrected chi connectivity index (χ3v) is 4.51. The number of hydrogen-bond donors (Lipinski definition) is 1. The summed E-state index contributed by atoms with van der Waals surface area (Å²) in [4.78, 5) is 16.7. The zero-order chi connectivity index (χ0) is 16.7. The monoisotopic (exact) mass is 338 g/mol. The van der Waals surface area contributed by atoms with Crippen molar-refractivity contribution < 1.29 is 9.21 Å². The SMILES string of the molecule is Cc1cc(C(=O)Nc2nc(-c3cc4ccccc4o3)cs2)nn1C. The first-order chi connectivity index (χ1) is 11.6. The smallest absolute Gasteiger partial charge is 0.277 e. The number of amides is 1. The number of hydrogen-bond acceptors (Lipinski definition) is 5. The molecular formula is C17H14N4O2S. The van der Waals surface area contributed by atoms with E-state index in [0.717, 1.165) is 16.7 Å². The van der Waals surface area contributed by atoms with Crippen LogP contribution in [0.15, 0.2) is 46.2 Å². The molecule has 0 aliphatic carbocycles. The van der Waals surface area contributed by atoms with Gasteiger partial charge in [0, 0.05) is 23.5 Å². The molecule has 1 aromatic carbocycles. The average Bonchev–Trinajstić information content (AvgIpc) is 3.26. The molecule has 7 heteroatoms. The van der Waals surface area contributed by atoms with Crippen LogP contribution in [0, 0.1) is 6.92 Å². The van der Waals surface area contributed by atoms with E-state index >= 15 is 0 Å². The minimum Gasteiger partial charge on any atom is -0.454 e. The van der Waals surface area contributed by atoms with Gasteiger partial charge in [0.15, 0.2) is 16.6 Å². The maximum atomic E-state index is 12.2. The zero-order valence-electron chi connectivity index (χ0n) is 13.1. The quantitative estimate of drug-likeness (QED) is 0.616. The molecule has 0 saturated carbocycles. The molecule has 0 aliphatic heterocycles. The van der Waals surface area contributed by atoms with Crippen LogP contribution in [0.25, 0.3) is 22.4 Å². The van der Waals surface area contributed by atoms with E-state index in [4.69, 9.17) is 4.42 Å². The topological polar surface area (TPSA) is 73.0 Å². The van der Waals surface area contributed by atoms with Gasteiger partial charge in [-0.3, -0.25) is 14.8 Å². The Balaban J connectivity index is 1.57. The molecule has 3 aromatic heterocycles. The number of aromatic nitrogens is 3. The summed E-state index contributed by atoms with van der Waals surface area (Å²) in [5, 5.41) is 10.3. The summed E-state index contributed by atoms with van der Waals surface area (Å²) in [6.45, 7) is 1.90. The zero-order valence-corrected chi connectivity index (χ0v) is 13.9. The van der Waals surface area contributed by atoms with Crippen molar-refractivity contribution in [1.29, 1.82) is 0 Å². The third kappa shape index (κ3) is 2.59. The fourth-order valence-electron chi connectivity index (χ4n) is 2.39. The van der Waals surface area contributed by atoms with Gasteiger partial charge in [0.2, 0.25) is 0 Å². The van der Waals surface area contributed by atoms with Crippen molar-refractivity contribution in [2.24, 2.45) is 7.05 Å². The van der Waals surface area contributed by atoms with Crippen LogP contribution in [-0.2, 0) is 7.05 Å². The number of thiazole rings is 1. The number of fused-ring (bicyclic) bond motifs is 1. The lowest BCUT2D eigenvalue weighted by Gasteiger charge is -1.97. The number of anilines is 1. The molecule has 1 amide bonds. The first kappa shape index (κ1) is 14.6. The number of carbonyl (C=O) groups is 1. The minimum absolute atomic E-state index is 0.274. The standard InChI is InChI=1S/C17H14N4O2S/c1-10-7-12(20-21(10)2)16(22)19-17-18-13(9-24-17)15-8-11-5-3-4-6-14(11)23-15/h3-9H,1-2H3,(H,18,19,22). The highest BCUT2D eigenvalue weighted by atomic mass is 32.1. The summed E-state index contributed by atoms with van der Waals surface area (Å²) in [6, 6.07) is 11.5. The summed E-state index contributed by atoms with van der Waals surface area (Å²) >= 11 is 1.35. The van der Waals surface area contributed by atoms with E-state index in [0.29, 0.717) is 22.3 Å². The van der Waals surface area contributed by atoms with E-state index < -0.39 is 0 Å². The molecule has 1 N–H and O–H groups in total. The Morgan fingerprint density at radius 3 is 2.88 bits per heavy atom. The van der Waals surface area contributed by atoms with Gasteiger partial charge in [0.05, 0.1) is 0 Å². The highest BCUT2D eigenvalue weighted by Crippen LogP contribution is 2.30. The van der Waals surface area contributed by atoms with Crippen molar-refractivity contribution in [3.05, 3.63) is 53.2 Å². The minimum atomic E-state index is -0.274. The number of carbonyl (C=O) groups excluding carboxylic acids is 1. The lowest BCUT2D eigenvalue weighted by atomic mass is 10.2. The second-order valence-electron chi connectivity index (χ2n) is 5.44. The number of benzene rings is 1. The molecule has 0 saturated heterocycles. The van der Waals surface area contributed by atoms with Gasteiger partial charge in [-0.2, -0.15) is 5.10 Å². The molecule has 0 spiro atoms. The molecule has 0 atom stereocenters. The number of para-hydroxylation sites is 1. The molecule has 0 bridgehead atoms. The van der Waals surface area contributed by atoms with Crippen molar-refractivity contribution in [3.63, 3.8) is 0 Å². The molecule has 0 radical (unpaired) electrons. The van der Waals surface area contributed by atoms with Gasteiger partial charge in [-0.1, -0.05) is 18.2 Å². The largest absolute Gasteiger partial charge is 0.454 e. The Labute approximate surface area is 141 Å². The van der Waals surface area contributed by atoms with E-state index in [2.05, 4.69) is 15.4 Å². The molecule has 0 fully saturated rings. The second-order valence-corrected chi connectivity index (χ2v) is 6.29. The number of aryl methyl sites for hydroxylation is 2. The lowest BCUT2D eigenvalue weighted by Crippen LogP contribution is -2.12. The third-order valence-electron chi connectivity index (χ3n) is 3.75. The van der Waals surface area contributed by atoms with Crippen molar-refractivity contribution in [3.8, 4) is 11.5 Å². The van der Waals surface area contributed by atoms with E-state index in [1.165, 1.54) is 11.3 Å². The van der Waals surface area contributed by atoms with Crippen LogP contribution in [0.5, 0.6) is 0 Å². The number of rotatable bonds is 3. The molecule has 120 valence electrons. The molecular weight excluding hydrogens is 324 g/mol. The van der Waals surface area contributed by atoms with Gasteiger partial charge < -0.3 is 4.42 Å². The maximum absolute atomic E-state index is 12.2. The first-order valence-electron chi connectivity index (χ1n) is 7.36. The predicted octanol–water partition coefficient (Wildman–Crippen LogP) is 3.85. The van der Waals surface area contributed by atoms with E-state index in [1.807, 2.05) is 42.6 Å². The molecule has 6 nitrogen and oxygen atoms in total. The summed E-state index contributed by atoms with van der Waals surface area (Å²) in [7, 11) is 1.80. The summed E-state index contributed by atoms with van der Waals surface area (Å²) in [6.07, 6.45) is 0. The molecule has 0 unspecified atom stereocenters. The van der Waals surface area contributed by atoms with E-state index in [9.17, 15) is 4.79 Å². The van der Waals surface area contributed by atoms with Crippen molar-refractivity contribution in [2.45, 2.75) is 6.92 Å². The fourth-order valence-corrected chi connectivity index (χ4v) is 3.08. The first-order valence-corrected chi connectivity index (χ1v) is 8.24. The second kappa shape index (κ2) is 5.61. The summed E-state index contributed by atoms with van der Waals surface area (Å²) in [5.74, 6) is 0.408. The normalized spacial score (nSPS) is 11.1. The van der Waals surface area contributed by atoms with Gasteiger partial charge >= 0.3 is 0 Å². The van der Waals surface area contributed by atoms with Crippen LogP contribution in [0.1, 0.15) is 16.2 Å². The van der Waals surface area contributed by atoms with E-state index in [-0.39, 0.29) is 5.91 Å². The van der Waals surface area contributed by atoms with Gasteiger partial charge in [-0.15, -0.1) is 11.3 Å². The maximum Gasteiger partial charge on any atom is 0.277 e. The molecule has 24 heavy (non-hydrogen) atoms. The molecule has 3 heterocycles. The van der Waals surface area contributed by atoms with E-state index in [1.54, 1.807) is 17.8 Å². The van der Waals surface area contributed by atoms with Crippen LogP contribution in [-0.4, -0.2) is 20.7 Å².